The number of aliphatic hydroxyl groups is 1. The summed E-state index contributed by atoms with van der Waals surface area (Å²) >= 11 is 0. The highest BCUT2D eigenvalue weighted by Gasteiger charge is 2.21. The van der Waals surface area contributed by atoms with Crippen molar-refractivity contribution in [3.63, 3.8) is 0 Å². The van der Waals surface area contributed by atoms with E-state index in [9.17, 15) is 9.90 Å². The molecule has 1 unspecified atom stereocenters. The first-order valence-electron chi connectivity index (χ1n) is 6.89. The molecular weight excluding hydrogens is 242 g/mol. The Morgan fingerprint density at radius 2 is 2.16 bits per heavy atom. The average Bonchev–Trinajstić information content (AvgIpc) is 2.44. The molecule has 0 bridgehead atoms. The van der Waals surface area contributed by atoms with E-state index in [1.807, 2.05) is 30.3 Å². The van der Waals surface area contributed by atoms with Gasteiger partial charge in [0.05, 0.1) is 12.7 Å². The number of rotatable bonds is 5. The average molecular weight is 263 g/mol. The van der Waals surface area contributed by atoms with E-state index in [2.05, 4.69) is 0 Å². The predicted molar refractivity (Wildman–Crippen MR) is 73.0 cm³/mol. The van der Waals surface area contributed by atoms with Gasteiger partial charge in [0.2, 0.25) is 5.91 Å². The number of piperidine rings is 1. The molecule has 4 nitrogen and oxygen atoms in total. The molecule has 2 rings (SSSR count). The van der Waals surface area contributed by atoms with Crippen LogP contribution in [0.3, 0.4) is 0 Å². The lowest BCUT2D eigenvalue weighted by atomic mass is 10.1. The number of carbonyl (C=O) groups is 1. The molecule has 1 amide bonds. The molecule has 1 aromatic carbocycles. The largest absolute Gasteiger partial charge is 0.494 e. The van der Waals surface area contributed by atoms with Gasteiger partial charge in [0.25, 0.3) is 0 Å². The molecule has 1 atom stereocenters. The van der Waals surface area contributed by atoms with Crippen molar-refractivity contribution >= 4 is 5.91 Å². The van der Waals surface area contributed by atoms with Crippen molar-refractivity contribution in [1.29, 1.82) is 0 Å². The number of aliphatic hydroxyl groups excluding tert-OH is 1. The zero-order chi connectivity index (χ0) is 13.5. The van der Waals surface area contributed by atoms with Crippen molar-refractivity contribution in [3.8, 4) is 5.75 Å². The predicted octanol–water partition coefficient (Wildman–Crippen LogP) is 1.83. The third kappa shape index (κ3) is 4.56. The normalized spacial score (nSPS) is 19.2. The number of ether oxygens (including phenoxy) is 1. The summed E-state index contributed by atoms with van der Waals surface area (Å²) in [7, 11) is 0. The molecule has 4 heteroatoms. The smallest absolute Gasteiger partial charge is 0.222 e. The molecule has 104 valence electrons. The van der Waals surface area contributed by atoms with Crippen LogP contribution in [-0.2, 0) is 4.79 Å². The lowest BCUT2D eigenvalue weighted by Crippen LogP contribution is -2.42. The number of para-hydroxylation sites is 1. The number of hydrogen-bond acceptors (Lipinski definition) is 3. The van der Waals surface area contributed by atoms with Gasteiger partial charge in [-0.25, -0.2) is 0 Å². The van der Waals surface area contributed by atoms with Gasteiger partial charge in [-0.1, -0.05) is 18.2 Å². The first-order valence-corrected chi connectivity index (χ1v) is 6.89. The minimum Gasteiger partial charge on any atom is -0.494 e. The molecule has 0 aromatic heterocycles. The first-order chi connectivity index (χ1) is 9.25. The summed E-state index contributed by atoms with van der Waals surface area (Å²) in [5.74, 6) is 0.957. The molecule has 1 N–H and O–H groups in total. The molecule has 0 radical (unpaired) electrons. The summed E-state index contributed by atoms with van der Waals surface area (Å²) < 4.78 is 5.54. The molecule has 19 heavy (non-hydrogen) atoms. The van der Waals surface area contributed by atoms with Crippen molar-refractivity contribution in [2.24, 2.45) is 0 Å². The third-order valence-electron chi connectivity index (χ3n) is 3.30. The van der Waals surface area contributed by atoms with E-state index >= 15 is 0 Å². The highest BCUT2D eigenvalue weighted by molar-refractivity contribution is 5.76. The Morgan fingerprint density at radius 3 is 2.89 bits per heavy atom. The van der Waals surface area contributed by atoms with Crippen LogP contribution in [0.2, 0.25) is 0 Å². The van der Waals surface area contributed by atoms with Gasteiger partial charge in [0.15, 0.2) is 0 Å². The molecule has 1 saturated heterocycles. The van der Waals surface area contributed by atoms with E-state index in [0.29, 0.717) is 26.0 Å². The van der Waals surface area contributed by atoms with Crippen molar-refractivity contribution in [2.45, 2.75) is 31.8 Å². The molecule has 1 aliphatic heterocycles. The van der Waals surface area contributed by atoms with Crippen molar-refractivity contribution < 1.29 is 14.6 Å². The van der Waals surface area contributed by atoms with E-state index in [1.165, 1.54) is 0 Å². The minimum absolute atomic E-state index is 0.121. The molecule has 0 aliphatic carbocycles. The molecule has 1 aliphatic rings. The summed E-state index contributed by atoms with van der Waals surface area (Å²) in [6.45, 7) is 1.81. The van der Waals surface area contributed by atoms with Gasteiger partial charge in [-0.2, -0.15) is 0 Å². The standard InChI is InChI=1S/C15H21NO3/c17-13-6-4-10-16(12-13)15(18)9-5-11-19-14-7-2-1-3-8-14/h1-3,7-8,13,17H,4-6,9-12H2. The second-order valence-corrected chi connectivity index (χ2v) is 4.90. The van der Waals surface area contributed by atoms with Crippen molar-refractivity contribution in [3.05, 3.63) is 30.3 Å². The van der Waals surface area contributed by atoms with Crippen LogP contribution in [-0.4, -0.2) is 41.7 Å². The number of β-amino-alcohol motifs (C(OH)–C–C–N with tert-alkyl or cyclic N) is 1. The number of hydrogen-bond donors (Lipinski definition) is 1. The molecule has 1 heterocycles. The first kappa shape index (κ1) is 13.9. The Kier molecular flexibility index (Phi) is 5.21. The highest BCUT2D eigenvalue weighted by atomic mass is 16.5. The van der Waals surface area contributed by atoms with Gasteiger partial charge < -0.3 is 14.7 Å². The summed E-state index contributed by atoms with van der Waals surface area (Å²) in [4.78, 5) is 13.7. The Hall–Kier alpha value is -1.55. The third-order valence-corrected chi connectivity index (χ3v) is 3.30. The van der Waals surface area contributed by atoms with Crippen LogP contribution in [0.15, 0.2) is 30.3 Å². The van der Waals surface area contributed by atoms with E-state index < -0.39 is 0 Å². The van der Waals surface area contributed by atoms with Crippen molar-refractivity contribution in [2.75, 3.05) is 19.7 Å². The van der Waals surface area contributed by atoms with Gasteiger partial charge >= 0.3 is 0 Å². The molecule has 0 saturated carbocycles. The summed E-state index contributed by atoms with van der Waals surface area (Å²) in [5.41, 5.74) is 0. The Labute approximate surface area is 114 Å². The van der Waals surface area contributed by atoms with Crippen LogP contribution in [0.1, 0.15) is 25.7 Å². The molecule has 1 aromatic rings. The summed E-state index contributed by atoms with van der Waals surface area (Å²) in [6, 6.07) is 9.61. The quantitative estimate of drug-likeness (QED) is 0.825. The zero-order valence-corrected chi connectivity index (χ0v) is 11.1. The van der Waals surface area contributed by atoms with Gasteiger partial charge in [0, 0.05) is 19.5 Å². The highest BCUT2D eigenvalue weighted by Crippen LogP contribution is 2.12. The fourth-order valence-corrected chi connectivity index (χ4v) is 2.27. The number of benzene rings is 1. The van der Waals surface area contributed by atoms with Crippen LogP contribution in [0, 0.1) is 0 Å². The topological polar surface area (TPSA) is 49.8 Å². The molecular formula is C15H21NO3. The van der Waals surface area contributed by atoms with Crippen molar-refractivity contribution in [1.82, 2.24) is 4.90 Å². The van der Waals surface area contributed by atoms with Gasteiger partial charge in [-0.15, -0.1) is 0 Å². The minimum atomic E-state index is -0.349. The SMILES string of the molecule is O=C(CCCOc1ccccc1)N1CCCC(O)C1. The van der Waals surface area contributed by atoms with Gasteiger partial charge in [-0.3, -0.25) is 4.79 Å². The maximum Gasteiger partial charge on any atom is 0.222 e. The maximum absolute atomic E-state index is 11.9. The molecule has 0 spiro atoms. The van der Waals surface area contributed by atoms with E-state index in [-0.39, 0.29) is 12.0 Å². The number of nitrogens with zero attached hydrogens (tertiary/aromatic N) is 1. The maximum atomic E-state index is 11.9. The summed E-state index contributed by atoms with van der Waals surface area (Å²) in [5, 5.41) is 9.53. The van der Waals surface area contributed by atoms with Crippen LogP contribution in [0.4, 0.5) is 0 Å². The Morgan fingerprint density at radius 1 is 1.37 bits per heavy atom. The van der Waals surface area contributed by atoms with Gasteiger partial charge in [-0.05, 0) is 31.4 Å². The lowest BCUT2D eigenvalue weighted by molar-refractivity contribution is -0.134. The van der Waals surface area contributed by atoms with Crippen LogP contribution in [0.25, 0.3) is 0 Å². The second kappa shape index (κ2) is 7.14. The van der Waals surface area contributed by atoms with E-state index in [1.54, 1.807) is 4.90 Å². The second-order valence-electron chi connectivity index (χ2n) is 4.90. The van der Waals surface area contributed by atoms with Crippen LogP contribution >= 0.6 is 0 Å². The monoisotopic (exact) mass is 263 g/mol. The van der Waals surface area contributed by atoms with E-state index in [4.69, 9.17) is 4.74 Å². The fraction of sp³-hybridized carbons (Fsp3) is 0.533. The number of likely N-dealkylation sites (tertiary alicyclic amines) is 1. The van der Waals surface area contributed by atoms with Crippen LogP contribution < -0.4 is 4.74 Å². The zero-order valence-electron chi connectivity index (χ0n) is 11.1. The number of amides is 1. The Balaban J connectivity index is 1.64. The van der Waals surface area contributed by atoms with Crippen LogP contribution in [0.5, 0.6) is 5.75 Å². The van der Waals surface area contributed by atoms with E-state index in [0.717, 1.165) is 25.1 Å². The number of carbonyl (C=O) groups excluding carboxylic acids is 1. The van der Waals surface area contributed by atoms with Gasteiger partial charge in [0.1, 0.15) is 5.75 Å². The summed E-state index contributed by atoms with van der Waals surface area (Å²) in [6.07, 6.45) is 2.55. The Bertz CT molecular complexity index is 394. The lowest BCUT2D eigenvalue weighted by Gasteiger charge is -2.30. The fourth-order valence-electron chi connectivity index (χ4n) is 2.27. The molecule has 1 fully saturated rings.